The SMILES string of the molecule is C=N/C(=C(/C#N)SC)N(Cc1cccc(Cl)c1C)C(=O)CNC(=O)OC(C)(C)C. The van der Waals surface area contributed by atoms with Crippen LogP contribution in [0.5, 0.6) is 0 Å². The number of amides is 2. The van der Waals surface area contributed by atoms with Gasteiger partial charge >= 0.3 is 6.09 Å². The normalized spacial score (nSPS) is 11.8. The van der Waals surface area contributed by atoms with Crippen molar-refractivity contribution in [2.75, 3.05) is 12.8 Å². The summed E-state index contributed by atoms with van der Waals surface area (Å²) in [6.45, 7) is 10.3. The minimum atomic E-state index is -0.716. The zero-order chi connectivity index (χ0) is 22.2. The number of hydrogen-bond donors (Lipinski definition) is 1. The highest BCUT2D eigenvalue weighted by atomic mass is 35.5. The Morgan fingerprint density at radius 1 is 1.41 bits per heavy atom. The molecule has 0 spiro atoms. The number of benzene rings is 1. The largest absolute Gasteiger partial charge is 0.444 e. The van der Waals surface area contributed by atoms with Crippen LogP contribution in [-0.4, -0.2) is 42.0 Å². The van der Waals surface area contributed by atoms with Crippen molar-refractivity contribution < 1.29 is 14.3 Å². The van der Waals surface area contributed by atoms with Crippen LogP contribution >= 0.6 is 23.4 Å². The third-order valence-electron chi connectivity index (χ3n) is 3.71. The zero-order valence-corrected chi connectivity index (χ0v) is 18.8. The average Bonchev–Trinajstić information content (AvgIpc) is 2.64. The lowest BCUT2D eigenvalue weighted by Crippen LogP contribution is -2.41. The summed E-state index contributed by atoms with van der Waals surface area (Å²) in [5.41, 5.74) is 0.895. The summed E-state index contributed by atoms with van der Waals surface area (Å²) in [4.78, 5) is 30.3. The van der Waals surface area contributed by atoms with Gasteiger partial charge in [-0.3, -0.25) is 9.69 Å². The van der Waals surface area contributed by atoms with Crippen molar-refractivity contribution in [1.29, 1.82) is 5.26 Å². The van der Waals surface area contributed by atoms with Crippen molar-refractivity contribution in [3.05, 3.63) is 45.1 Å². The molecule has 0 bridgehead atoms. The van der Waals surface area contributed by atoms with E-state index in [1.165, 1.54) is 4.90 Å². The van der Waals surface area contributed by atoms with Crippen LogP contribution in [0.4, 0.5) is 4.79 Å². The van der Waals surface area contributed by atoms with E-state index in [-0.39, 0.29) is 23.8 Å². The molecule has 7 nitrogen and oxygen atoms in total. The lowest BCUT2D eigenvalue weighted by molar-refractivity contribution is -0.128. The van der Waals surface area contributed by atoms with E-state index in [0.717, 1.165) is 22.9 Å². The van der Waals surface area contributed by atoms with Crippen LogP contribution in [0.1, 0.15) is 31.9 Å². The van der Waals surface area contributed by atoms with Crippen LogP contribution in [0.25, 0.3) is 0 Å². The fourth-order valence-electron chi connectivity index (χ4n) is 2.30. The Hall–Kier alpha value is -2.50. The second-order valence-corrected chi connectivity index (χ2v) is 8.21. The van der Waals surface area contributed by atoms with Gasteiger partial charge in [-0.15, -0.1) is 11.8 Å². The lowest BCUT2D eigenvalue weighted by Gasteiger charge is -2.25. The van der Waals surface area contributed by atoms with Crippen LogP contribution in [0.2, 0.25) is 5.02 Å². The minimum absolute atomic E-state index is 0.112. The van der Waals surface area contributed by atoms with Gasteiger partial charge in [0, 0.05) is 5.02 Å². The average molecular weight is 437 g/mol. The molecule has 0 unspecified atom stereocenters. The fraction of sp³-hybridized carbons (Fsp3) is 0.400. The first kappa shape index (κ1) is 24.5. The molecule has 0 aliphatic rings. The number of thioether (sulfide) groups is 1. The molecule has 0 heterocycles. The number of aliphatic imine (C=N–C) groups is 1. The second-order valence-electron chi connectivity index (χ2n) is 6.99. The Kier molecular flexibility index (Phi) is 9.21. The third-order valence-corrected chi connectivity index (χ3v) is 4.80. The summed E-state index contributed by atoms with van der Waals surface area (Å²) in [5, 5.41) is 12.4. The van der Waals surface area contributed by atoms with Gasteiger partial charge in [-0.1, -0.05) is 23.7 Å². The topological polar surface area (TPSA) is 94.8 Å². The molecule has 0 saturated carbocycles. The van der Waals surface area contributed by atoms with Crippen molar-refractivity contribution in [3.8, 4) is 6.07 Å². The number of hydrogen-bond acceptors (Lipinski definition) is 6. The Balaban J connectivity index is 3.20. The maximum Gasteiger partial charge on any atom is 0.408 e. The quantitative estimate of drug-likeness (QED) is 0.509. The predicted octanol–water partition coefficient (Wildman–Crippen LogP) is 4.26. The number of carbonyl (C=O) groups is 2. The van der Waals surface area contributed by atoms with E-state index in [0.29, 0.717) is 5.02 Å². The summed E-state index contributed by atoms with van der Waals surface area (Å²) in [5.74, 6) is -0.352. The number of nitrogens with one attached hydrogen (secondary N) is 1. The van der Waals surface area contributed by atoms with E-state index in [1.54, 1.807) is 39.2 Å². The lowest BCUT2D eigenvalue weighted by atomic mass is 10.1. The van der Waals surface area contributed by atoms with Gasteiger partial charge in [-0.05, 0) is 57.9 Å². The summed E-state index contributed by atoms with van der Waals surface area (Å²) in [6, 6.07) is 7.38. The molecule has 1 aromatic carbocycles. The molecule has 0 aromatic heterocycles. The summed E-state index contributed by atoms with van der Waals surface area (Å²) < 4.78 is 5.16. The van der Waals surface area contributed by atoms with Gasteiger partial charge in [-0.2, -0.15) is 5.26 Å². The number of rotatable bonds is 7. The summed E-state index contributed by atoms with van der Waals surface area (Å²) >= 11 is 7.34. The molecule has 156 valence electrons. The molecule has 0 atom stereocenters. The maximum absolute atomic E-state index is 12.9. The fourth-order valence-corrected chi connectivity index (χ4v) is 2.94. The Morgan fingerprint density at radius 2 is 2.07 bits per heavy atom. The van der Waals surface area contributed by atoms with Crippen LogP contribution in [-0.2, 0) is 16.1 Å². The molecule has 2 amide bonds. The summed E-state index contributed by atoms with van der Waals surface area (Å²) in [7, 11) is 0. The van der Waals surface area contributed by atoms with E-state index in [1.807, 2.05) is 19.1 Å². The number of carbonyl (C=O) groups excluding carboxylic acids is 2. The van der Waals surface area contributed by atoms with Gasteiger partial charge in [0.05, 0.1) is 6.54 Å². The molecule has 1 rings (SSSR count). The highest BCUT2D eigenvalue weighted by molar-refractivity contribution is 8.02. The molecular formula is C20H25ClN4O3S. The Bertz CT molecular complexity index is 856. The molecule has 0 aliphatic heterocycles. The molecule has 0 fully saturated rings. The van der Waals surface area contributed by atoms with Crippen LogP contribution < -0.4 is 5.32 Å². The van der Waals surface area contributed by atoms with E-state index in [2.05, 4.69) is 17.0 Å². The van der Waals surface area contributed by atoms with Crippen LogP contribution in [0.15, 0.2) is 33.9 Å². The molecule has 0 radical (unpaired) electrons. The van der Waals surface area contributed by atoms with E-state index in [4.69, 9.17) is 16.3 Å². The third kappa shape index (κ3) is 7.44. The van der Waals surface area contributed by atoms with Gasteiger partial charge < -0.3 is 10.1 Å². The van der Waals surface area contributed by atoms with Crippen molar-refractivity contribution in [2.24, 2.45) is 4.99 Å². The van der Waals surface area contributed by atoms with E-state index in [9.17, 15) is 14.9 Å². The van der Waals surface area contributed by atoms with Gasteiger partial charge in [-0.25, -0.2) is 9.79 Å². The van der Waals surface area contributed by atoms with Gasteiger partial charge in [0.25, 0.3) is 0 Å². The zero-order valence-electron chi connectivity index (χ0n) is 17.2. The first-order valence-electron chi connectivity index (χ1n) is 8.70. The molecule has 1 aromatic rings. The smallest absolute Gasteiger partial charge is 0.408 e. The van der Waals surface area contributed by atoms with Crippen molar-refractivity contribution in [1.82, 2.24) is 10.2 Å². The number of ether oxygens (including phenoxy) is 1. The number of alkyl carbamates (subject to hydrolysis) is 1. The van der Waals surface area contributed by atoms with Gasteiger partial charge in [0.1, 0.15) is 23.1 Å². The molecule has 0 saturated heterocycles. The van der Waals surface area contributed by atoms with Crippen molar-refractivity contribution >= 4 is 42.1 Å². The van der Waals surface area contributed by atoms with Crippen LogP contribution in [0.3, 0.4) is 0 Å². The molecule has 9 heteroatoms. The van der Waals surface area contributed by atoms with Gasteiger partial charge in [0.15, 0.2) is 5.82 Å². The standard InChI is InChI=1S/C20H25ClN4O3S/c1-13-14(8-7-9-15(13)21)12-25(18(23-5)16(10-22)29-6)17(26)11-24-19(27)28-20(2,3)4/h7-9H,5,11-12H2,1-4,6H3,(H,24,27)/b18-16+. The first-order chi connectivity index (χ1) is 13.5. The molecular weight excluding hydrogens is 412 g/mol. The maximum atomic E-state index is 12.9. The van der Waals surface area contributed by atoms with E-state index < -0.39 is 17.6 Å². The van der Waals surface area contributed by atoms with Crippen LogP contribution in [0, 0.1) is 18.3 Å². The highest BCUT2D eigenvalue weighted by Gasteiger charge is 2.24. The first-order valence-corrected chi connectivity index (χ1v) is 10.3. The number of nitrogens with zero attached hydrogens (tertiary/aromatic N) is 3. The second kappa shape index (κ2) is 10.9. The highest BCUT2D eigenvalue weighted by Crippen LogP contribution is 2.25. The number of nitriles is 1. The molecule has 29 heavy (non-hydrogen) atoms. The monoisotopic (exact) mass is 436 g/mol. The predicted molar refractivity (Wildman–Crippen MR) is 117 cm³/mol. The van der Waals surface area contributed by atoms with Gasteiger partial charge in [0.2, 0.25) is 5.91 Å². The Labute approximate surface area is 180 Å². The van der Waals surface area contributed by atoms with Crippen molar-refractivity contribution in [2.45, 2.75) is 39.8 Å². The number of allylic oxidation sites excluding steroid dienone is 1. The van der Waals surface area contributed by atoms with E-state index >= 15 is 0 Å². The minimum Gasteiger partial charge on any atom is -0.444 e. The summed E-state index contributed by atoms with van der Waals surface area (Å²) in [6.07, 6.45) is 0.989. The Morgan fingerprint density at radius 3 is 2.59 bits per heavy atom. The number of halogens is 1. The molecule has 0 aliphatic carbocycles. The molecule has 1 N–H and O–H groups in total. The van der Waals surface area contributed by atoms with Crippen molar-refractivity contribution in [3.63, 3.8) is 0 Å².